The van der Waals surface area contributed by atoms with Crippen molar-refractivity contribution in [1.29, 1.82) is 0 Å². The van der Waals surface area contributed by atoms with Crippen molar-refractivity contribution < 1.29 is 4.79 Å². The van der Waals surface area contributed by atoms with E-state index in [9.17, 15) is 4.79 Å². The molecule has 6 nitrogen and oxygen atoms in total. The molecule has 2 aromatic rings. The molecule has 7 heteroatoms. The van der Waals surface area contributed by atoms with Gasteiger partial charge in [-0.25, -0.2) is 0 Å². The first-order valence-corrected chi connectivity index (χ1v) is 9.29. The van der Waals surface area contributed by atoms with Crippen LogP contribution in [0.5, 0.6) is 0 Å². The van der Waals surface area contributed by atoms with Gasteiger partial charge in [0.15, 0.2) is 5.82 Å². The molecule has 0 saturated carbocycles. The number of anilines is 1. The molecule has 1 aliphatic rings. The predicted octanol–water partition coefficient (Wildman–Crippen LogP) is 1.46. The highest BCUT2D eigenvalue weighted by Crippen LogP contribution is 2.16. The molecule has 1 atom stereocenters. The van der Waals surface area contributed by atoms with E-state index in [0.717, 1.165) is 38.2 Å². The van der Waals surface area contributed by atoms with Crippen LogP contribution in [0.15, 0.2) is 35.2 Å². The van der Waals surface area contributed by atoms with Gasteiger partial charge >= 0.3 is 0 Å². The van der Waals surface area contributed by atoms with E-state index in [0.29, 0.717) is 19.1 Å². The van der Waals surface area contributed by atoms with E-state index >= 15 is 0 Å². The molecule has 24 heavy (non-hydrogen) atoms. The van der Waals surface area contributed by atoms with Crippen molar-refractivity contribution in [2.24, 2.45) is 0 Å². The summed E-state index contributed by atoms with van der Waals surface area (Å²) in [5.41, 5.74) is 1.28. The van der Waals surface area contributed by atoms with E-state index in [2.05, 4.69) is 42.6 Å². The minimum absolute atomic E-state index is 0.0573. The van der Waals surface area contributed by atoms with Crippen LogP contribution in [0.3, 0.4) is 0 Å². The maximum atomic E-state index is 12.0. The van der Waals surface area contributed by atoms with Crippen LogP contribution in [0, 0.1) is 0 Å². The number of carbonyl (C=O) groups excluding carboxylic acids is 1. The lowest BCUT2D eigenvalue weighted by Crippen LogP contribution is -2.48. The Labute approximate surface area is 146 Å². The Hall–Kier alpha value is -1.99. The van der Waals surface area contributed by atoms with Gasteiger partial charge in [-0.15, -0.1) is 5.10 Å². The van der Waals surface area contributed by atoms with Crippen LogP contribution in [0.25, 0.3) is 0 Å². The summed E-state index contributed by atoms with van der Waals surface area (Å²) < 4.78 is 0. The van der Waals surface area contributed by atoms with Crippen molar-refractivity contribution >= 4 is 23.1 Å². The summed E-state index contributed by atoms with van der Waals surface area (Å²) >= 11 is 1.69. The summed E-state index contributed by atoms with van der Waals surface area (Å²) in [5, 5.41) is 18.6. The molecule has 128 valence electrons. The Morgan fingerprint density at radius 2 is 2.38 bits per heavy atom. The Balaban J connectivity index is 1.37. The van der Waals surface area contributed by atoms with E-state index in [1.165, 1.54) is 5.56 Å². The monoisotopic (exact) mass is 345 g/mol. The van der Waals surface area contributed by atoms with Gasteiger partial charge in [0.2, 0.25) is 5.91 Å². The average molecular weight is 345 g/mol. The second-order valence-electron chi connectivity index (χ2n) is 5.98. The first-order chi connectivity index (χ1) is 11.8. The molecule has 1 saturated heterocycles. The van der Waals surface area contributed by atoms with E-state index in [4.69, 9.17) is 0 Å². The molecule has 0 unspecified atom stereocenters. The van der Waals surface area contributed by atoms with Gasteiger partial charge < -0.3 is 15.5 Å². The van der Waals surface area contributed by atoms with Crippen LogP contribution < -0.4 is 15.5 Å². The highest BCUT2D eigenvalue weighted by molar-refractivity contribution is 7.07. The van der Waals surface area contributed by atoms with Gasteiger partial charge in [-0.2, -0.15) is 16.4 Å². The maximum Gasteiger partial charge on any atom is 0.233 e. The molecule has 0 aliphatic carbocycles. The van der Waals surface area contributed by atoms with Gasteiger partial charge in [0.05, 0.1) is 6.54 Å². The second kappa shape index (κ2) is 8.75. The van der Waals surface area contributed by atoms with Crippen molar-refractivity contribution in [2.45, 2.75) is 25.3 Å². The predicted molar refractivity (Wildman–Crippen MR) is 96.3 cm³/mol. The summed E-state index contributed by atoms with van der Waals surface area (Å²) in [5.74, 6) is 0.964. The van der Waals surface area contributed by atoms with Crippen LogP contribution >= 0.6 is 11.3 Å². The standard InChI is InChI=1S/C17H23N5OS/c23-17(18-8-5-14-6-10-24-13-14)11-19-15-3-2-9-22(12-15)16-4-1-7-20-21-16/h1,4,6-7,10,13,15,19H,2-3,5,8-9,11-12H2,(H,18,23)/t15-/m1/s1. The van der Waals surface area contributed by atoms with Crippen molar-refractivity contribution in [3.8, 4) is 0 Å². The number of nitrogens with zero attached hydrogens (tertiary/aromatic N) is 3. The number of piperidine rings is 1. The fourth-order valence-electron chi connectivity index (χ4n) is 2.89. The number of thiophene rings is 1. The van der Waals surface area contributed by atoms with E-state index < -0.39 is 0 Å². The number of nitrogens with one attached hydrogen (secondary N) is 2. The SMILES string of the molecule is O=C(CN[C@@H]1CCCN(c2cccnn2)C1)NCCc1ccsc1. The quantitative estimate of drug-likeness (QED) is 0.795. The first kappa shape index (κ1) is 16.9. The highest BCUT2D eigenvalue weighted by atomic mass is 32.1. The largest absolute Gasteiger partial charge is 0.355 e. The van der Waals surface area contributed by atoms with Crippen LogP contribution in [0.1, 0.15) is 18.4 Å². The minimum Gasteiger partial charge on any atom is -0.355 e. The summed E-state index contributed by atoms with van der Waals surface area (Å²) in [6, 6.07) is 6.29. The van der Waals surface area contributed by atoms with Gasteiger partial charge in [-0.3, -0.25) is 4.79 Å². The molecule has 3 heterocycles. The highest BCUT2D eigenvalue weighted by Gasteiger charge is 2.21. The fraction of sp³-hybridized carbons (Fsp3) is 0.471. The third-order valence-corrected chi connectivity index (χ3v) is 4.90. The number of hydrogen-bond donors (Lipinski definition) is 2. The van der Waals surface area contributed by atoms with E-state index in [1.807, 2.05) is 12.1 Å². The Bertz CT molecular complexity index is 619. The number of rotatable bonds is 7. The lowest BCUT2D eigenvalue weighted by Gasteiger charge is -2.33. The van der Waals surface area contributed by atoms with Crippen LogP contribution in [0.4, 0.5) is 5.82 Å². The zero-order valence-electron chi connectivity index (χ0n) is 13.6. The molecule has 0 radical (unpaired) electrons. The topological polar surface area (TPSA) is 70.2 Å². The molecule has 1 amide bonds. The molecular formula is C17H23N5OS. The fourth-order valence-corrected chi connectivity index (χ4v) is 3.60. The van der Waals surface area contributed by atoms with Crippen molar-refractivity contribution in [3.63, 3.8) is 0 Å². The van der Waals surface area contributed by atoms with Crippen molar-refractivity contribution in [3.05, 3.63) is 40.7 Å². The summed E-state index contributed by atoms with van der Waals surface area (Å²) in [6.45, 7) is 2.90. The van der Waals surface area contributed by atoms with Crippen molar-refractivity contribution in [2.75, 3.05) is 31.1 Å². The number of carbonyl (C=O) groups is 1. The molecule has 0 aromatic carbocycles. The Morgan fingerprint density at radius 3 is 3.17 bits per heavy atom. The van der Waals surface area contributed by atoms with Gasteiger partial charge in [-0.05, 0) is 53.8 Å². The Morgan fingerprint density at radius 1 is 1.42 bits per heavy atom. The molecule has 2 N–H and O–H groups in total. The van der Waals surface area contributed by atoms with E-state index in [-0.39, 0.29) is 5.91 Å². The van der Waals surface area contributed by atoms with Crippen molar-refractivity contribution in [1.82, 2.24) is 20.8 Å². The van der Waals surface area contributed by atoms with Gasteiger partial charge in [-0.1, -0.05) is 0 Å². The summed E-state index contributed by atoms with van der Waals surface area (Å²) in [4.78, 5) is 14.2. The van der Waals surface area contributed by atoms with Crippen LogP contribution in [-0.2, 0) is 11.2 Å². The summed E-state index contributed by atoms with van der Waals surface area (Å²) in [7, 11) is 0. The molecule has 3 rings (SSSR count). The molecule has 2 aromatic heterocycles. The molecule has 1 fully saturated rings. The zero-order valence-corrected chi connectivity index (χ0v) is 14.5. The summed E-state index contributed by atoms with van der Waals surface area (Å²) in [6.07, 6.45) is 4.75. The molecule has 1 aliphatic heterocycles. The average Bonchev–Trinajstić information content (AvgIpc) is 3.14. The van der Waals surface area contributed by atoms with Crippen LogP contribution in [0.2, 0.25) is 0 Å². The molecule has 0 spiro atoms. The third kappa shape index (κ3) is 5.01. The molecule has 0 bridgehead atoms. The Kier molecular flexibility index (Phi) is 6.14. The van der Waals surface area contributed by atoms with E-state index in [1.54, 1.807) is 17.5 Å². The van der Waals surface area contributed by atoms with Gasteiger partial charge in [0.25, 0.3) is 0 Å². The third-order valence-electron chi connectivity index (χ3n) is 4.17. The lowest BCUT2D eigenvalue weighted by atomic mass is 10.1. The number of amides is 1. The second-order valence-corrected chi connectivity index (χ2v) is 6.76. The number of hydrogen-bond acceptors (Lipinski definition) is 6. The van der Waals surface area contributed by atoms with Gasteiger partial charge in [0, 0.05) is 31.9 Å². The number of aromatic nitrogens is 2. The minimum atomic E-state index is 0.0573. The zero-order chi connectivity index (χ0) is 16.6. The maximum absolute atomic E-state index is 12.0. The smallest absolute Gasteiger partial charge is 0.233 e. The first-order valence-electron chi connectivity index (χ1n) is 8.35. The molecular weight excluding hydrogens is 322 g/mol. The lowest BCUT2D eigenvalue weighted by molar-refractivity contribution is -0.120. The van der Waals surface area contributed by atoms with Gasteiger partial charge in [0.1, 0.15) is 0 Å². The normalized spacial score (nSPS) is 17.7. The van der Waals surface area contributed by atoms with Crippen LogP contribution in [-0.4, -0.2) is 48.3 Å².